The van der Waals surface area contributed by atoms with E-state index in [0.717, 1.165) is 12.8 Å². The van der Waals surface area contributed by atoms with Crippen LogP contribution < -0.4 is 0 Å². The molecule has 2 aliphatic rings. The van der Waals surface area contributed by atoms with Gasteiger partial charge in [-0.25, -0.2) is 0 Å². The number of carbonyl (C=O) groups is 1. The number of hydrogen-bond donors (Lipinski definition) is 0. The van der Waals surface area contributed by atoms with Gasteiger partial charge < -0.3 is 9.33 Å². The van der Waals surface area contributed by atoms with E-state index in [4.69, 9.17) is 4.43 Å². The second kappa shape index (κ2) is 6.13. The predicted molar refractivity (Wildman–Crippen MR) is 90.1 cm³/mol. The summed E-state index contributed by atoms with van der Waals surface area (Å²) in [5.41, 5.74) is 0. The summed E-state index contributed by atoms with van der Waals surface area (Å²) < 4.78 is 6.15. The van der Waals surface area contributed by atoms with E-state index in [1.807, 2.05) is 0 Å². The van der Waals surface area contributed by atoms with Crippen LogP contribution >= 0.6 is 0 Å². The topological polar surface area (TPSA) is 29.5 Å². The second-order valence-electron chi connectivity index (χ2n) is 8.54. The molecule has 0 amide bonds. The van der Waals surface area contributed by atoms with Gasteiger partial charge in [-0.1, -0.05) is 20.8 Å². The highest BCUT2D eigenvalue weighted by molar-refractivity contribution is 6.74. The van der Waals surface area contributed by atoms with Crippen molar-refractivity contribution >= 4 is 14.1 Å². The monoisotopic (exact) mass is 311 g/mol. The van der Waals surface area contributed by atoms with Gasteiger partial charge in [0, 0.05) is 31.0 Å². The Kier molecular flexibility index (Phi) is 5.01. The largest absolute Gasteiger partial charge is 0.416 e. The van der Waals surface area contributed by atoms with Crippen molar-refractivity contribution in [3.63, 3.8) is 0 Å². The van der Waals surface area contributed by atoms with Gasteiger partial charge in [-0.15, -0.1) is 0 Å². The molecule has 2 bridgehead atoms. The lowest BCUT2D eigenvalue weighted by Crippen LogP contribution is -2.43. The van der Waals surface area contributed by atoms with Crippen LogP contribution in [0.4, 0.5) is 0 Å². The zero-order valence-corrected chi connectivity index (χ0v) is 15.7. The van der Waals surface area contributed by atoms with Crippen molar-refractivity contribution in [1.29, 1.82) is 0 Å². The first-order valence-electron chi connectivity index (χ1n) is 8.50. The van der Waals surface area contributed by atoms with Crippen molar-refractivity contribution in [2.45, 2.75) is 83.1 Å². The van der Waals surface area contributed by atoms with Gasteiger partial charge in [0.15, 0.2) is 8.32 Å². The fourth-order valence-electron chi connectivity index (χ4n) is 3.50. The fourth-order valence-corrected chi connectivity index (χ4v) is 4.55. The maximum atomic E-state index is 12.5. The van der Waals surface area contributed by atoms with E-state index in [1.54, 1.807) is 0 Å². The molecule has 0 aromatic rings. The van der Waals surface area contributed by atoms with Crippen LogP contribution in [0.1, 0.15) is 52.9 Å². The fraction of sp³-hybridized carbons (Fsp3) is 0.941. The molecule has 0 aromatic heterocycles. The highest BCUT2D eigenvalue weighted by Crippen LogP contribution is 2.39. The first-order valence-corrected chi connectivity index (χ1v) is 11.4. The van der Waals surface area contributed by atoms with Crippen molar-refractivity contribution in [1.82, 2.24) is 4.90 Å². The molecule has 0 saturated carbocycles. The minimum Gasteiger partial charge on any atom is -0.416 e. The molecule has 0 N–H and O–H groups in total. The van der Waals surface area contributed by atoms with Crippen molar-refractivity contribution in [2.75, 3.05) is 13.7 Å². The van der Waals surface area contributed by atoms with Gasteiger partial charge in [0.1, 0.15) is 5.78 Å². The number of piperidine rings is 1. The summed E-state index contributed by atoms with van der Waals surface area (Å²) >= 11 is 0. The third-order valence-corrected chi connectivity index (χ3v) is 10.7. The average molecular weight is 312 g/mol. The van der Waals surface area contributed by atoms with E-state index >= 15 is 0 Å². The van der Waals surface area contributed by atoms with E-state index in [9.17, 15) is 4.79 Å². The number of fused-ring (bicyclic) bond motifs is 2. The Morgan fingerprint density at radius 3 is 2.19 bits per heavy atom. The first kappa shape index (κ1) is 17.2. The molecule has 0 spiro atoms. The van der Waals surface area contributed by atoms with Crippen LogP contribution in [0, 0.1) is 5.92 Å². The molecular weight excluding hydrogens is 278 g/mol. The molecule has 2 saturated heterocycles. The number of Topliss-reactive ketones (excluding diaryl/α,β-unsaturated/α-hetero) is 1. The molecule has 2 fully saturated rings. The lowest BCUT2D eigenvalue weighted by Gasteiger charge is -2.37. The molecule has 2 heterocycles. The summed E-state index contributed by atoms with van der Waals surface area (Å²) in [5.74, 6) is 0.737. The molecule has 2 rings (SSSR count). The summed E-state index contributed by atoms with van der Waals surface area (Å²) in [4.78, 5) is 15.0. The Hall–Kier alpha value is -0.193. The number of nitrogens with zero attached hydrogens (tertiary/aromatic N) is 1. The Morgan fingerprint density at radius 1 is 1.19 bits per heavy atom. The van der Waals surface area contributed by atoms with Crippen LogP contribution in [-0.2, 0) is 9.22 Å². The summed E-state index contributed by atoms with van der Waals surface area (Å²) in [6.07, 6.45) is 5.33. The number of ketones is 1. The van der Waals surface area contributed by atoms with Crippen molar-refractivity contribution < 1.29 is 9.22 Å². The molecule has 3 nitrogen and oxygen atoms in total. The molecule has 122 valence electrons. The molecule has 2 atom stereocenters. The summed E-state index contributed by atoms with van der Waals surface area (Å²) in [6.45, 7) is 11.9. The number of rotatable bonds is 5. The number of carbonyl (C=O) groups excluding carboxylic acids is 1. The van der Waals surface area contributed by atoms with Gasteiger partial charge >= 0.3 is 0 Å². The van der Waals surface area contributed by atoms with E-state index in [1.165, 1.54) is 12.8 Å². The molecule has 0 radical (unpaired) electrons. The molecule has 21 heavy (non-hydrogen) atoms. The van der Waals surface area contributed by atoms with Gasteiger partial charge in [0.05, 0.1) is 0 Å². The van der Waals surface area contributed by atoms with Crippen molar-refractivity contribution in [3.05, 3.63) is 0 Å². The van der Waals surface area contributed by atoms with E-state index in [0.29, 0.717) is 36.8 Å². The Bertz CT molecular complexity index is 375. The Balaban J connectivity index is 1.78. The van der Waals surface area contributed by atoms with Gasteiger partial charge in [-0.05, 0) is 50.9 Å². The maximum absolute atomic E-state index is 12.5. The third-order valence-electron chi connectivity index (χ3n) is 6.17. The SMILES string of the molecule is CN1C2CCC1CC(C(=O)CCO[Si](C)(C)C(C)(C)C)C2. The van der Waals surface area contributed by atoms with Crippen LogP contribution in [0.3, 0.4) is 0 Å². The van der Waals surface area contributed by atoms with Crippen LogP contribution in [0.5, 0.6) is 0 Å². The highest BCUT2D eigenvalue weighted by atomic mass is 28.4. The first-order chi connectivity index (χ1) is 9.62. The number of hydrogen-bond acceptors (Lipinski definition) is 3. The van der Waals surface area contributed by atoms with Gasteiger partial charge in [0.25, 0.3) is 0 Å². The molecule has 0 aromatic carbocycles. The highest BCUT2D eigenvalue weighted by Gasteiger charge is 2.41. The average Bonchev–Trinajstić information content (AvgIpc) is 2.60. The van der Waals surface area contributed by atoms with E-state index in [2.05, 4.69) is 45.8 Å². The lowest BCUT2D eigenvalue weighted by molar-refractivity contribution is -0.125. The molecule has 2 unspecified atom stereocenters. The molecule has 0 aliphatic carbocycles. The summed E-state index contributed by atoms with van der Waals surface area (Å²) in [5, 5.41) is 0.225. The molecular formula is C17H33NO2Si. The molecule has 2 aliphatic heterocycles. The van der Waals surface area contributed by atoms with Crippen molar-refractivity contribution in [3.8, 4) is 0 Å². The Labute approximate surface area is 131 Å². The van der Waals surface area contributed by atoms with Crippen molar-refractivity contribution in [2.24, 2.45) is 5.92 Å². The standard InChI is InChI=1S/C17H33NO2Si/c1-17(2,3)21(5,6)20-10-9-16(19)13-11-14-7-8-15(12-13)18(14)4/h13-15H,7-12H2,1-6H3. The van der Waals surface area contributed by atoms with Crippen LogP contribution in [0.25, 0.3) is 0 Å². The lowest BCUT2D eigenvalue weighted by atomic mass is 9.87. The second-order valence-corrected chi connectivity index (χ2v) is 13.4. The van der Waals surface area contributed by atoms with E-state index in [-0.39, 0.29) is 5.04 Å². The minimum absolute atomic E-state index is 0.225. The quantitative estimate of drug-likeness (QED) is 0.723. The van der Waals surface area contributed by atoms with Crippen LogP contribution in [-0.4, -0.2) is 44.7 Å². The Morgan fingerprint density at radius 2 is 1.71 bits per heavy atom. The molecule has 4 heteroatoms. The summed E-state index contributed by atoms with van der Waals surface area (Å²) in [6, 6.07) is 1.30. The zero-order chi connectivity index (χ0) is 15.8. The normalized spacial score (nSPS) is 30.7. The minimum atomic E-state index is -1.71. The maximum Gasteiger partial charge on any atom is 0.191 e. The summed E-state index contributed by atoms with van der Waals surface area (Å²) in [7, 11) is 0.518. The van der Waals surface area contributed by atoms with Crippen LogP contribution in [0.15, 0.2) is 0 Å². The van der Waals surface area contributed by atoms with Crippen LogP contribution in [0.2, 0.25) is 18.1 Å². The van der Waals surface area contributed by atoms with Gasteiger partial charge in [-0.2, -0.15) is 0 Å². The zero-order valence-electron chi connectivity index (χ0n) is 14.7. The smallest absolute Gasteiger partial charge is 0.191 e. The van der Waals surface area contributed by atoms with E-state index < -0.39 is 8.32 Å². The third kappa shape index (κ3) is 3.77. The van der Waals surface area contributed by atoms with Gasteiger partial charge in [0.2, 0.25) is 0 Å². The predicted octanol–water partition coefficient (Wildman–Crippen LogP) is 3.84. The van der Waals surface area contributed by atoms with Gasteiger partial charge in [-0.3, -0.25) is 4.79 Å².